The van der Waals surface area contributed by atoms with Crippen molar-refractivity contribution in [3.63, 3.8) is 0 Å². The van der Waals surface area contributed by atoms with E-state index < -0.39 is 6.16 Å². The second kappa shape index (κ2) is 9.84. The lowest BCUT2D eigenvalue weighted by Crippen LogP contribution is -2.50. The van der Waals surface area contributed by atoms with Gasteiger partial charge in [-0.15, -0.1) is 0 Å². The first-order chi connectivity index (χ1) is 14.0. The Bertz CT molecular complexity index is 651. The molecule has 0 unspecified atom stereocenters. The zero-order chi connectivity index (χ0) is 20.8. The number of carbonyl (C=O) groups is 3. The van der Waals surface area contributed by atoms with Gasteiger partial charge in [-0.2, -0.15) is 0 Å². The molecule has 0 aromatic carbocycles. The van der Waals surface area contributed by atoms with E-state index in [0.29, 0.717) is 44.2 Å². The number of hydrogen-bond donors (Lipinski definition) is 0. The first-order valence-electron chi connectivity index (χ1n) is 10.6. The molecule has 1 saturated heterocycles. The molecular weight excluding hydrogens is 378 g/mol. The maximum atomic E-state index is 13.3. The topological polar surface area (TPSA) is 88.6 Å². The maximum Gasteiger partial charge on any atom is 0.513 e. The molecule has 3 aliphatic rings. The molecule has 0 N–H and O–H groups in total. The van der Waals surface area contributed by atoms with Gasteiger partial charge in [0, 0.05) is 32.2 Å². The van der Waals surface area contributed by atoms with Crippen molar-refractivity contribution in [2.24, 2.45) is 0 Å². The molecule has 162 valence electrons. The summed E-state index contributed by atoms with van der Waals surface area (Å²) < 4.78 is 15.4. The van der Waals surface area contributed by atoms with Crippen molar-refractivity contribution in [1.29, 1.82) is 0 Å². The van der Waals surface area contributed by atoms with Gasteiger partial charge in [0.1, 0.15) is 5.70 Å². The van der Waals surface area contributed by atoms with Crippen LogP contribution >= 0.6 is 0 Å². The van der Waals surface area contributed by atoms with Crippen LogP contribution in [0.15, 0.2) is 11.5 Å². The largest absolute Gasteiger partial charge is 0.513 e. The van der Waals surface area contributed by atoms with Crippen molar-refractivity contribution in [3.05, 3.63) is 11.5 Å². The zero-order valence-electron chi connectivity index (χ0n) is 17.4. The van der Waals surface area contributed by atoms with Crippen LogP contribution in [0.25, 0.3) is 0 Å². The summed E-state index contributed by atoms with van der Waals surface area (Å²) in [5.74, 6) is 0.254. The highest BCUT2D eigenvalue weighted by molar-refractivity contribution is 5.96. The van der Waals surface area contributed by atoms with Gasteiger partial charge in [0.05, 0.1) is 19.8 Å². The average Bonchev–Trinajstić information content (AvgIpc) is 3.05. The molecule has 2 aliphatic heterocycles. The minimum absolute atomic E-state index is 0.0965. The summed E-state index contributed by atoms with van der Waals surface area (Å²) in [6, 6.07) is 0.176. The fourth-order valence-electron chi connectivity index (χ4n) is 4.21. The predicted octanol–water partition coefficient (Wildman–Crippen LogP) is 2.32. The second-order valence-electron chi connectivity index (χ2n) is 7.45. The number of ether oxygens (including phenoxy) is 3. The quantitative estimate of drug-likeness (QED) is 0.644. The minimum Gasteiger partial charge on any atom is -0.450 e. The van der Waals surface area contributed by atoms with Crippen LogP contribution in [0.3, 0.4) is 0 Å². The third-order valence-corrected chi connectivity index (χ3v) is 5.65. The van der Waals surface area contributed by atoms with Gasteiger partial charge in [0.15, 0.2) is 5.76 Å². The van der Waals surface area contributed by atoms with E-state index in [-0.39, 0.29) is 31.2 Å². The highest BCUT2D eigenvalue weighted by Gasteiger charge is 2.41. The van der Waals surface area contributed by atoms with Crippen molar-refractivity contribution in [2.75, 3.05) is 45.9 Å². The lowest BCUT2D eigenvalue weighted by Gasteiger charge is -2.36. The highest BCUT2D eigenvalue weighted by atomic mass is 16.7. The van der Waals surface area contributed by atoms with Crippen molar-refractivity contribution in [2.45, 2.75) is 52.0 Å². The molecule has 1 saturated carbocycles. The zero-order valence-corrected chi connectivity index (χ0v) is 17.4. The molecule has 2 amide bonds. The van der Waals surface area contributed by atoms with Gasteiger partial charge in [0.2, 0.25) is 0 Å². The molecule has 0 bridgehead atoms. The SMILES string of the molecule is CCOC(=O)OC1=C(N2CCN(C(=O)OCC)CC2)C(=O)N(C2CCCCC2)C1. The van der Waals surface area contributed by atoms with E-state index in [1.165, 1.54) is 6.42 Å². The van der Waals surface area contributed by atoms with Crippen LogP contribution in [-0.4, -0.2) is 84.8 Å². The van der Waals surface area contributed by atoms with E-state index in [4.69, 9.17) is 14.2 Å². The number of carbonyl (C=O) groups excluding carboxylic acids is 3. The predicted molar refractivity (Wildman–Crippen MR) is 104 cm³/mol. The molecule has 29 heavy (non-hydrogen) atoms. The van der Waals surface area contributed by atoms with Crippen LogP contribution < -0.4 is 0 Å². The van der Waals surface area contributed by atoms with Gasteiger partial charge in [0.25, 0.3) is 5.91 Å². The van der Waals surface area contributed by atoms with Crippen molar-refractivity contribution < 1.29 is 28.6 Å². The molecule has 9 heteroatoms. The van der Waals surface area contributed by atoms with Gasteiger partial charge in [-0.25, -0.2) is 9.59 Å². The summed E-state index contributed by atoms with van der Waals surface area (Å²) in [5.41, 5.74) is 0.423. The minimum atomic E-state index is -0.788. The molecule has 3 rings (SSSR count). The Labute approximate surface area is 171 Å². The fourth-order valence-corrected chi connectivity index (χ4v) is 4.21. The highest BCUT2D eigenvalue weighted by Crippen LogP contribution is 2.31. The average molecular weight is 409 g/mol. The van der Waals surface area contributed by atoms with E-state index in [9.17, 15) is 14.4 Å². The van der Waals surface area contributed by atoms with Gasteiger partial charge in [-0.3, -0.25) is 4.79 Å². The van der Waals surface area contributed by atoms with Gasteiger partial charge >= 0.3 is 12.2 Å². The lowest BCUT2D eigenvalue weighted by atomic mass is 9.94. The fraction of sp³-hybridized carbons (Fsp3) is 0.750. The first-order valence-corrected chi connectivity index (χ1v) is 10.6. The molecule has 0 aromatic heterocycles. The second-order valence-corrected chi connectivity index (χ2v) is 7.45. The van der Waals surface area contributed by atoms with E-state index in [1.807, 2.05) is 9.80 Å². The van der Waals surface area contributed by atoms with Crippen LogP contribution in [0, 0.1) is 0 Å². The summed E-state index contributed by atoms with van der Waals surface area (Å²) in [5, 5.41) is 0. The first kappa shape index (κ1) is 21.3. The van der Waals surface area contributed by atoms with Gasteiger partial charge in [-0.1, -0.05) is 19.3 Å². The Hall–Kier alpha value is -2.45. The standard InChI is InChI=1S/C20H31N3O6/c1-3-27-19(25)22-12-10-21(11-13-22)17-16(29-20(26)28-4-2)14-23(18(17)24)15-8-6-5-7-9-15/h15H,3-14H2,1-2H3. The molecule has 2 heterocycles. The van der Waals surface area contributed by atoms with Gasteiger partial charge in [-0.05, 0) is 26.7 Å². The Morgan fingerprint density at radius 2 is 1.62 bits per heavy atom. The Kier molecular flexibility index (Phi) is 7.22. The number of piperazine rings is 1. The normalized spacial score (nSPS) is 20.9. The molecular formula is C20H31N3O6. The number of hydrogen-bond acceptors (Lipinski definition) is 7. The van der Waals surface area contributed by atoms with Crippen molar-refractivity contribution in [3.8, 4) is 0 Å². The van der Waals surface area contributed by atoms with E-state index in [0.717, 1.165) is 25.7 Å². The van der Waals surface area contributed by atoms with E-state index in [1.54, 1.807) is 18.7 Å². The number of nitrogens with zero attached hydrogens (tertiary/aromatic N) is 3. The third-order valence-electron chi connectivity index (χ3n) is 5.65. The number of rotatable bonds is 5. The van der Waals surface area contributed by atoms with Crippen LogP contribution in [0.4, 0.5) is 9.59 Å². The molecule has 2 fully saturated rings. The lowest BCUT2D eigenvalue weighted by molar-refractivity contribution is -0.129. The molecule has 0 atom stereocenters. The van der Waals surface area contributed by atoms with Crippen LogP contribution in [0.1, 0.15) is 46.0 Å². The molecule has 9 nitrogen and oxygen atoms in total. The molecule has 1 aliphatic carbocycles. The van der Waals surface area contributed by atoms with Crippen molar-refractivity contribution in [1.82, 2.24) is 14.7 Å². The van der Waals surface area contributed by atoms with E-state index in [2.05, 4.69) is 0 Å². The molecule has 0 spiro atoms. The number of amides is 2. The molecule has 0 aromatic rings. The summed E-state index contributed by atoms with van der Waals surface area (Å²) in [7, 11) is 0. The maximum absolute atomic E-state index is 13.3. The van der Waals surface area contributed by atoms with Gasteiger partial charge < -0.3 is 28.9 Å². The Morgan fingerprint density at radius 3 is 2.24 bits per heavy atom. The summed E-state index contributed by atoms with van der Waals surface area (Å²) in [4.78, 5) is 42.5. The van der Waals surface area contributed by atoms with E-state index >= 15 is 0 Å². The van der Waals surface area contributed by atoms with Crippen LogP contribution in [0.5, 0.6) is 0 Å². The Morgan fingerprint density at radius 1 is 0.966 bits per heavy atom. The monoisotopic (exact) mass is 409 g/mol. The van der Waals surface area contributed by atoms with Crippen LogP contribution in [0.2, 0.25) is 0 Å². The summed E-state index contributed by atoms with van der Waals surface area (Å²) in [6.07, 6.45) is 4.23. The summed E-state index contributed by atoms with van der Waals surface area (Å²) >= 11 is 0. The summed E-state index contributed by atoms with van der Waals surface area (Å²) in [6.45, 7) is 6.17. The third kappa shape index (κ3) is 4.94. The smallest absolute Gasteiger partial charge is 0.450 e. The molecule has 0 radical (unpaired) electrons. The van der Waals surface area contributed by atoms with Crippen LogP contribution in [-0.2, 0) is 19.0 Å². The Balaban J connectivity index is 1.73. The van der Waals surface area contributed by atoms with Crippen molar-refractivity contribution >= 4 is 18.2 Å².